The van der Waals surface area contributed by atoms with Crippen LogP contribution in [-0.2, 0) is 0 Å². The zero-order chi connectivity index (χ0) is 9.99. The molecule has 0 heterocycles. The third kappa shape index (κ3) is 8.26. The van der Waals surface area contributed by atoms with Gasteiger partial charge in [-0.2, -0.15) is 0 Å². The molecule has 0 saturated carbocycles. The van der Waals surface area contributed by atoms with Crippen molar-refractivity contribution in [3.8, 4) is 0 Å². The first-order chi connectivity index (χ1) is 5.13. The number of hydrogen-bond acceptors (Lipinski definition) is 2. The van der Waals surface area contributed by atoms with Gasteiger partial charge in [-0.1, -0.05) is 41.5 Å². The second-order valence-corrected chi connectivity index (χ2v) is 5.98. The Labute approximate surface area is 83.3 Å². The van der Waals surface area contributed by atoms with Gasteiger partial charge in [0.25, 0.3) is 0 Å². The van der Waals surface area contributed by atoms with Gasteiger partial charge in [0.1, 0.15) is 0 Å². The second-order valence-electron chi connectivity index (χ2n) is 5.98. The highest BCUT2D eigenvalue weighted by Gasteiger charge is 2.23. The van der Waals surface area contributed by atoms with Gasteiger partial charge in [0.05, 0.1) is 6.10 Å². The van der Waals surface area contributed by atoms with E-state index in [9.17, 15) is 5.11 Å². The van der Waals surface area contributed by atoms with E-state index < -0.39 is 0 Å². The van der Waals surface area contributed by atoms with Crippen molar-refractivity contribution in [1.82, 2.24) is 6.15 Å². The van der Waals surface area contributed by atoms with E-state index in [0.29, 0.717) is 5.41 Å². The molecule has 0 aliphatic heterocycles. The molecule has 0 rings (SSSR count). The van der Waals surface area contributed by atoms with Crippen LogP contribution in [0.15, 0.2) is 0 Å². The maximum Gasteiger partial charge on any atom is 0.0588 e. The van der Waals surface area contributed by atoms with Crippen LogP contribution in [0.1, 0.15) is 54.4 Å². The van der Waals surface area contributed by atoms with E-state index in [1.54, 1.807) is 0 Å². The van der Waals surface area contributed by atoms with Crippen LogP contribution in [0.4, 0.5) is 0 Å². The summed E-state index contributed by atoms with van der Waals surface area (Å²) in [5.41, 5.74) is 0.372. The molecule has 0 radical (unpaired) electrons. The second kappa shape index (κ2) is 4.97. The van der Waals surface area contributed by atoms with Gasteiger partial charge in [-0.15, -0.1) is 0 Å². The first kappa shape index (κ1) is 15.4. The van der Waals surface area contributed by atoms with E-state index in [4.69, 9.17) is 0 Å². The summed E-state index contributed by atoms with van der Waals surface area (Å²) < 4.78 is 0. The summed E-state index contributed by atoms with van der Waals surface area (Å²) in [6, 6.07) is 0. The lowest BCUT2D eigenvalue weighted by atomic mass is 9.81. The molecular formula is C11H27NO. The molecular weight excluding hydrogens is 162 g/mol. The molecule has 82 valence electrons. The summed E-state index contributed by atoms with van der Waals surface area (Å²) in [7, 11) is 0. The predicted octanol–water partition coefficient (Wildman–Crippen LogP) is 3.38. The quantitative estimate of drug-likeness (QED) is 0.699. The average Bonchev–Trinajstić information content (AvgIpc) is 1.78. The lowest BCUT2D eigenvalue weighted by molar-refractivity contribution is 0.0459. The number of hydrogen-bond donors (Lipinski definition) is 2. The van der Waals surface area contributed by atoms with Crippen molar-refractivity contribution in [2.24, 2.45) is 10.8 Å². The van der Waals surface area contributed by atoms with Crippen LogP contribution in [0.5, 0.6) is 0 Å². The average molecular weight is 189 g/mol. The summed E-state index contributed by atoms with van der Waals surface area (Å²) >= 11 is 0. The largest absolute Gasteiger partial charge is 0.393 e. The van der Waals surface area contributed by atoms with Crippen LogP contribution in [0.25, 0.3) is 0 Å². The number of aliphatic hydroxyl groups excluding tert-OH is 1. The Balaban J connectivity index is 0. The number of rotatable bonds is 2. The highest BCUT2D eigenvalue weighted by atomic mass is 16.3. The van der Waals surface area contributed by atoms with E-state index in [1.807, 2.05) is 0 Å². The van der Waals surface area contributed by atoms with Crippen LogP contribution < -0.4 is 6.15 Å². The van der Waals surface area contributed by atoms with Gasteiger partial charge in [-0.05, 0) is 23.7 Å². The van der Waals surface area contributed by atoms with Crippen LogP contribution in [-0.4, -0.2) is 11.2 Å². The zero-order valence-corrected chi connectivity index (χ0v) is 10.1. The molecule has 1 atom stereocenters. The molecule has 0 aliphatic rings. The minimum absolute atomic E-state index is 0. The zero-order valence-electron chi connectivity index (χ0n) is 10.1. The maximum atomic E-state index is 9.75. The summed E-state index contributed by atoms with van der Waals surface area (Å²) in [4.78, 5) is 0. The van der Waals surface area contributed by atoms with Crippen molar-refractivity contribution in [3.63, 3.8) is 0 Å². The molecule has 0 aromatic carbocycles. The molecule has 0 amide bonds. The monoisotopic (exact) mass is 189 g/mol. The van der Waals surface area contributed by atoms with Crippen LogP contribution >= 0.6 is 0 Å². The molecule has 2 heteroatoms. The number of aliphatic hydroxyl groups is 1. The summed E-state index contributed by atoms with van der Waals surface area (Å²) in [5.74, 6) is 0. The highest BCUT2D eigenvalue weighted by molar-refractivity contribution is 4.74. The minimum atomic E-state index is -0.170. The Bertz CT molecular complexity index is 130. The molecule has 0 bridgehead atoms. The maximum absolute atomic E-state index is 9.75. The summed E-state index contributed by atoms with van der Waals surface area (Å²) in [6.45, 7) is 12.9. The summed E-state index contributed by atoms with van der Waals surface area (Å²) in [5, 5.41) is 9.75. The van der Waals surface area contributed by atoms with E-state index in [2.05, 4.69) is 41.5 Å². The fourth-order valence-corrected chi connectivity index (χ4v) is 1.00. The van der Waals surface area contributed by atoms with E-state index in [0.717, 1.165) is 12.8 Å². The predicted molar refractivity (Wildman–Crippen MR) is 59.2 cm³/mol. The van der Waals surface area contributed by atoms with E-state index in [-0.39, 0.29) is 17.7 Å². The van der Waals surface area contributed by atoms with Crippen molar-refractivity contribution in [1.29, 1.82) is 0 Å². The Kier molecular flexibility index (Phi) is 5.88. The molecule has 0 aromatic rings. The molecule has 4 N–H and O–H groups in total. The minimum Gasteiger partial charge on any atom is -0.393 e. The van der Waals surface area contributed by atoms with Crippen molar-refractivity contribution < 1.29 is 5.11 Å². The smallest absolute Gasteiger partial charge is 0.0588 e. The van der Waals surface area contributed by atoms with Gasteiger partial charge >= 0.3 is 0 Å². The van der Waals surface area contributed by atoms with Crippen LogP contribution in [0.2, 0.25) is 0 Å². The van der Waals surface area contributed by atoms with E-state index >= 15 is 0 Å². The lowest BCUT2D eigenvalue weighted by Gasteiger charge is -2.28. The third-order valence-corrected chi connectivity index (χ3v) is 2.17. The Morgan fingerprint density at radius 2 is 1.38 bits per heavy atom. The lowest BCUT2D eigenvalue weighted by Crippen LogP contribution is -2.27. The Morgan fingerprint density at radius 3 is 1.62 bits per heavy atom. The Hall–Kier alpha value is -0.0800. The van der Waals surface area contributed by atoms with Gasteiger partial charge in [-0.25, -0.2) is 0 Å². The normalized spacial score (nSPS) is 15.0. The first-order valence-corrected chi connectivity index (χ1v) is 4.81. The van der Waals surface area contributed by atoms with Gasteiger partial charge < -0.3 is 11.3 Å². The summed E-state index contributed by atoms with van der Waals surface area (Å²) in [6.07, 6.45) is 1.83. The van der Waals surface area contributed by atoms with Crippen LogP contribution in [0, 0.1) is 10.8 Å². The third-order valence-electron chi connectivity index (χ3n) is 2.17. The van der Waals surface area contributed by atoms with Gasteiger partial charge in [0.2, 0.25) is 0 Å². The Morgan fingerprint density at radius 1 is 1.00 bits per heavy atom. The molecule has 2 nitrogen and oxygen atoms in total. The fourth-order valence-electron chi connectivity index (χ4n) is 1.00. The molecule has 0 aliphatic carbocycles. The standard InChI is InChI=1S/C11H24O.H3N/c1-10(2,3)8-7-9(12)11(4,5)6;/h9,12H,7-8H2,1-6H3;1H3. The molecule has 0 fully saturated rings. The molecule has 0 saturated heterocycles. The van der Waals surface area contributed by atoms with Crippen molar-refractivity contribution >= 4 is 0 Å². The van der Waals surface area contributed by atoms with Crippen molar-refractivity contribution in [2.75, 3.05) is 0 Å². The van der Waals surface area contributed by atoms with Crippen LogP contribution in [0.3, 0.4) is 0 Å². The topological polar surface area (TPSA) is 55.2 Å². The molecule has 13 heavy (non-hydrogen) atoms. The SMILES string of the molecule is CC(C)(C)CCC(O)C(C)(C)C.N. The highest BCUT2D eigenvalue weighted by Crippen LogP contribution is 2.28. The van der Waals surface area contributed by atoms with E-state index in [1.165, 1.54) is 0 Å². The first-order valence-electron chi connectivity index (χ1n) is 4.81. The van der Waals surface area contributed by atoms with Gasteiger partial charge in [0.15, 0.2) is 0 Å². The van der Waals surface area contributed by atoms with Gasteiger partial charge in [0, 0.05) is 0 Å². The molecule has 0 spiro atoms. The van der Waals surface area contributed by atoms with Crippen molar-refractivity contribution in [2.45, 2.75) is 60.5 Å². The molecule has 0 aromatic heterocycles. The van der Waals surface area contributed by atoms with Crippen molar-refractivity contribution in [3.05, 3.63) is 0 Å². The van der Waals surface area contributed by atoms with Gasteiger partial charge in [-0.3, -0.25) is 0 Å². The fraction of sp³-hybridized carbons (Fsp3) is 1.00. The molecule has 1 unspecified atom stereocenters.